The predicted octanol–water partition coefficient (Wildman–Crippen LogP) is 5.59. The van der Waals surface area contributed by atoms with Crippen molar-refractivity contribution in [1.82, 2.24) is 0 Å². The number of benzene rings is 2. The quantitative estimate of drug-likeness (QED) is 0.344. The van der Waals surface area contributed by atoms with Gasteiger partial charge in [0, 0.05) is 21.2 Å². The lowest BCUT2D eigenvalue weighted by Gasteiger charge is -2.38. The maximum absolute atomic E-state index is 13.0. The minimum absolute atomic E-state index is 0.344. The van der Waals surface area contributed by atoms with Gasteiger partial charge in [0.2, 0.25) is 0 Å². The zero-order chi connectivity index (χ0) is 25.1. The van der Waals surface area contributed by atoms with Gasteiger partial charge in [-0.1, -0.05) is 37.0 Å². The summed E-state index contributed by atoms with van der Waals surface area (Å²) < 4.78 is 10.7. The van der Waals surface area contributed by atoms with E-state index in [9.17, 15) is 19.2 Å². The molecule has 0 aromatic heterocycles. The maximum Gasteiger partial charge on any atom is 0.312 e. The third kappa shape index (κ3) is 5.34. The van der Waals surface area contributed by atoms with E-state index in [2.05, 4.69) is 0 Å². The van der Waals surface area contributed by atoms with Crippen LogP contribution in [-0.2, 0) is 19.1 Å². The Morgan fingerprint density at radius 3 is 1.71 bits per heavy atom. The number of hydrogen-bond donors (Lipinski definition) is 0. The summed E-state index contributed by atoms with van der Waals surface area (Å²) in [4.78, 5) is 50.5. The van der Waals surface area contributed by atoms with Crippen molar-refractivity contribution in [3.8, 4) is 0 Å². The van der Waals surface area contributed by atoms with Crippen molar-refractivity contribution >= 4 is 46.7 Å². The molecule has 3 rings (SSSR count). The molecule has 2 atom stereocenters. The van der Waals surface area contributed by atoms with Crippen LogP contribution in [0.3, 0.4) is 0 Å². The summed E-state index contributed by atoms with van der Waals surface area (Å²) in [6, 6.07) is 12.6. The van der Waals surface area contributed by atoms with Crippen LogP contribution < -0.4 is 0 Å². The van der Waals surface area contributed by atoms with Crippen molar-refractivity contribution in [1.29, 1.82) is 0 Å². The molecule has 1 fully saturated rings. The molecule has 0 spiro atoms. The van der Waals surface area contributed by atoms with Crippen molar-refractivity contribution in [2.24, 2.45) is 16.7 Å². The Bertz CT molecular complexity index is 1090. The van der Waals surface area contributed by atoms with Gasteiger partial charge in [0.15, 0.2) is 24.8 Å². The van der Waals surface area contributed by atoms with Gasteiger partial charge in [-0.3, -0.25) is 19.2 Å². The van der Waals surface area contributed by atoms with E-state index in [1.807, 2.05) is 0 Å². The van der Waals surface area contributed by atoms with E-state index in [1.54, 1.807) is 69.3 Å². The van der Waals surface area contributed by atoms with Gasteiger partial charge in [-0.2, -0.15) is 0 Å². The highest BCUT2D eigenvalue weighted by Crippen LogP contribution is 2.56. The van der Waals surface area contributed by atoms with Crippen molar-refractivity contribution in [3.63, 3.8) is 0 Å². The third-order valence-corrected chi connectivity index (χ3v) is 7.48. The van der Waals surface area contributed by atoms with E-state index in [0.717, 1.165) is 0 Å². The number of rotatable bonds is 8. The fourth-order valence-electron chi connectivity index (χ4n) is 4.24. The molecular formula is C26H26Cl2O6. The van der Waals surface area contributed by atoms with Crippen LogP contribution in [0.25, 0.3) is 0 Å². The van der Waals surface area contributed by atoms with Crippen molar-refractivity contribution in [3.05, 3.63) is 69.7 Å². The molecule has 0 unspecified atom stereocenters. The smallest absolute Gasteiger partial charge is 0.312 e. The highest BCUT2D eigenvalue weighted by molar-refractivity contribution is 6.31. The van der Waals surface area contributed by atoms with Crippen LogP contribution in [0.4, 0.5) is 0 Å². The molecule has 0 saturated heterocycles. The first kappa shape index (κ1) is 25.9. The second kappa shape index (κ2) is 10.3. The molecule has 0 amide bonds. The summed E-state index contributed by atoms with van der Waals surface area (Å²) >= 11 is 11.7. The number of halogens is 2. The second-order valence-corrected chi connectivity index (χ2v) is 10.1. The average Bonchev–Trinajstić information content (AvgIpc) is 3.06. The van der Waals surface area contributed by atoms with Gasteiger partial charge in [-0.15, -0.1) is 0 Å². The summed E-state index contributed by atoms with van der Waals surface area (Å²) in [5.74, 6) is -2.38. The normalized spacial score (nSPS) is 21.0. The van der Waals surface area contributed by atoms with Gasteiger partial charge in [-0.05, 0) is 73.7 Å². The number of ether oxygens (including phenoxy) is 2. The Kier molecular flexibility index (Phi) is 7.84. The first-order valence-corrected chi connectivity index (χ1v) is 11.6. The summed E-state index contributed by atoms with van der Waals surface area (Å²) in [6.45, 7) is 4.53. The molecule has 180 valence electrons. The molecule has 0 aliphatic heterocycles. The molecule has 34 heavy (non-hydrogen) atoms. The molecule has 0 N–H and O–H groups in total. The first-order chi connectivity index (χ1) is 16.0. The van der Waals surface area contributed by atoms with Gasteiger partial charge in [0.1, 0.15) is 0 Å². The highest BCUT2D eigenvalue weighted by Gasteiger charge is 2.59. The SMILES string of the molecule is CC1(C)[C@@H](C(=O)OCC(=O)c2ccc(Cl)cc2)CC[C@@]1(C)C(=O)OCC(=O)c1ccc(Cl)cc1. The lowest BCUT2D eigenvalue weighted by Crippen LogP contribution is -2.44. The number of carbonyl (C=O) groups is 4. The van der Waals surface area contributed by atoms with Crippen LogP contribution in [0.2, 0.25) is 10.0 Å². The van der Waals surface area contributed by atoms with Crippen LogP contribution in [0, 0.1) is 16.7 Å². The van der Waals surface area contributed by atoms with Gasteiger partial charge >= 0.3 is 11.9 Å². The number of ketones is 2. The molecule has 1 aliphatic carbocycles. The zero-order valence-corrected chi connectivity index (χ0v) is 20.7. The zero-order valence-electron chi connectivity index (χ0n) is 19.2. The monoisotopic (exact) mass is 504 g/mol. The van der Waals surface area contributed by atoms with Crippen LogP contribution in [-0.4, -0.2) is 36.7 Å². The van der Waals surface area contributed by atoms with Gasteiger partial charge in [0.05, 0.1) is 11.3 Å². The van der Waals surface area contributed by atoms with Crippen LogP contribution >= 0.6 is 23.2 Å². The van der Waals surface area contributed by atoms with Gasteiger partial charge in [0.25, 0.3) is 0 Å². The Morgan fingerprint density at radius 2 is 1.24 bits per heavy atom. The lowest BCUT2D eigenvalue weighted by molar-refractivity contribution is -0.164. The Labute approximate surface area is 208 Å². The fourth-order valence-corrected chi connectivity index (χ4v) is 4.50. The van der Waals surface area contributed by atoms with Crippen LogP contribution in [0.5, 0.6) is 0 Å². The molecule has 2 aromatic carbocycles. The topological polar surface area (TPSA) is 86.7 Å². The van der Waals surface area contributed by atoms with Gasteiger partial charge in [-0.25, -0.2) is 0 Å². The van der Waals surface area contributed by atoms with Gasteiger partial charge < -0.3 is 9.47 Å². The van der Waals surface area contributed by atoms with E-state index in [1.165, 1.54) is 0 Å². The summed E-state index contributed by atoms with van der Waals surface area (Å²) in [7, 11) is 0. The van der Waals surface area contributed by atoms with Crippen molar-refractivity contribution < 1.29 is 28.7 Å². The second-order valence-electron chi connectivity index (χ2n) is 9.19. The van der Waals surface area contributed by atoms with E-state index in [-0.39, 0.29) is 11.6 Å². The van der Waals surface area contributed by atoms with Crippen LogP contribution in [0.1, 0.15) is 54.3 Å². The number of carbonyl (C=O) groups excluding carboxylic acids is 4. The standard InChI is InChI=1S/C26H26Cl2O6/c1-25(2)20(23(31)33-14-21(29)16-4-8-18(27)9-5-16)12-13-26(25,3)24(32)34-15-22(30)17-6-10-19(28)11-7-17/h4-11,20H,12-15H2,1-3H3/t20-,26+/m1/s1. The Balaban J connectivity index is 1.59. The molecule has 1 aliphatic rings. The Hall–Kier alpha value is -2.70. The van der Waals surface area contributed by atoms with Crippen LogP contribution in [0.15, 0.2) is 48.5 Å². The molecule has 0 heterocycles. The average molecular weight is 505 g/mol. The largest absolute Gasteiger partial charge is 0.457 e. The summed E-state index contributed by atoms with van der Waals surface area (Å²) in [6.07, 6.45) is 0.788. The van der Waals surface area contributed by atoms with E-state index < -0.39 is 41.9 Å². The lowest BCUT2D eigenvalue weighted by atomic mass is 9.65. The van der Waals surface area contributed by atoms with E-state index in [0.29, 0.717) is 34.0 Å². The number of esters is 2. The highest BCUT2D eigenvalue weighted by atomic mass is 35.5. The predicted molar refractivity (Wildman–Crippen MR) is 128 cm³/mol. The van der Waals surface area contributed by atoms with E-state index in [4.69, 9.17) is 32.7 Å². The molecule has 8 heteroatoms. The summed E-state index contributed by atoms with van der Waals surface area (Å²) in [5, 5.41) is 1.00. The molecule has 2 aromatic rings. The molecule has 1 saturated carbocycles. The molecule has 0 bridgehead atoms. The molecule has 0 radical (unpaired) electrons. The summed E-state index contributed by atoms with van der Waals surface area (Å²) in [5.41, 5.74) is -1.04. The van der Waals surface area contributed by atoms with Crippen molar-refractivity contribution in [2.75, 3.05) is 13.2 Å². The minimum atomic E-state index is -1.00. The molecule has 6 nitrogen and oxygen atoms in total. The third-order valence-electron chi connectivity index (χ3n) is 6.97. The van der Waals surface area contributed by atoms with Crippen molar-refractivity contribution in [2.45, 2.75) is 33.6 Å². The number of Topliss-reactive ketones (excluding diaryl/α,β-unsaturated/α-hetero) is 2. The maximum atomic E-state index is 13.0. The number of hydrogen-bond acceptors (Lipinski definition) is 6. The minimum Gasteiger partial charge on any atom is -0.457 e. The van der Waals surface area contributed by atoms with E-state index >= 15 is 0 Å². The molecular weight excluding hydrogens is 479 g/mol. The Morgan fingerprint density at radius 1 is 0.794 bits per heavy atom. The first-order valence-electron chi connectivity index (χ1n) is 10.9. The fraction of sp³-hybridized carbons (Fsp3) is 0.385.